The van der Waals surface area contributed by atoms with Crippen molar-refractivity contribution in [1.29, 1.82) is 0 Å². The highest BCUT2D eigenvalue weighted by atomic mass is 16.2. The van der Waals surface area contributed by atoms with Gasteiger partial charge in [0.1, 0.15) is 0 Å². The molecule has 0 atom stereocenters. The Bertz CT molecular complexity index is 526. The van der Waals surface area contributed by atoms with Crippen LogP contribution in [-0.2, 0) is 4.79 Å². The van der Waals surface area contributed by atoms with E-state index >= 15 is 0 Å². The van der Waals surface area contributed by atoms with Gasteiger partial charge in [0, 0.05) is 37.8 Å². The van der Waals surface area contributed by atoms with Crippen molar-refractivity contribution in [3.05, 3.63) is 29.3 Å². The Kier molecular flexibility index (Phi) is 4.70. The molecule has 3 heteroatoms. The minimum atomic E-state index is 0.251. The largest absolute Gasteiger partial charge is 0.371 e. The maximum Gasteiger partial charge on any atom is 0.225 e. The standard InChI is InChI=1S/C19H28N2O/c1-15-6-7-18(14-16(15)2)20-12-8-17(9-13-20)19(22)21-10-4-3-5-11-21/h6-7,14,17H,3-5,8-13H2,1-2H3. The fourth-order valence-corrected chi connectivity index (χ4v) is 3.68. The molecule has 2 heterocycles. The predicted molar refractivity (Wildman–Crippen MR) is 91.3 cm³/mol. The van der Waals surface area contributed by atoms with Gasteiger partial charge in [0.15, 0.2) is 0 Å². The van der Waals surface area contributed by atoms with E-state index in [1.165, 1.54) is 36.1 Å². The normalized spacial score (nSPS) is 20.3. The SMILES string of the molecule is Cc1ccc(N2CCC(C(=O)N3CCCCC3)CC2)cc1C. The van der Waals surface area contributed by atoms with Crippen LogP contribution in [0.4, 0.5) is 5.69 Å². The van der Waals surface area contributed by atoms with E-state index in [9.17, 15) is 4.79 Å². The molecule has 2 saturated heterocycles. The highest BCUT2D eigenvalue weighted by Crippen LogP contribution is 2.27. The molecule has 0 spiro atoms. The Morgan fingerprint density at radius 1 is 0.955 bits per heavy atom. The van der Waals surface area contributed by atoms with Gasteiger partial charge in [-0.05, 0) is 69.2 Å². The van der Waals surface area contributed by atoms with Gasteiger partial charge < -0.3 is 9.80 Å². The first-order valence-corrected chi connectivity index (χ1v) is 8.76. The first kappa shape index (κ1) is 15.4. The molecule has 3 rings (SSSR count). The quantitative estimate of drug-likeness (QED) is 0.834. The maximum absolute atomic E-state index is 12.6. The summed E-state index contributed by atoms with van der Waals surface area (Å²) in [6, 6.07) is 6.70. The minimum Gasteiger partial charge on any atom is -0.371 e. The second-order valence-corrected chi connectivity index (χ2v) is 6.92. The van der Waals surface area contributed by atoms with Crippen LogP contribution in [0.5, 0.6) is 0 Å². The summed E-state index contributed by atoms with van der Waals surface area (Å²) in [6.07, 6.45) is 5.67. The summed E-state index contributed by atoms with van der Waals surface area (Å²) in [5.41, 5.74) is 4.01. The number of anilines is 1. The van der Waals surface area contributed by atoms with Gasteiger partial charge in [0.05, 0.1) is 0 Å². The van der Waals surface area contributed by atoms with E-state index in [-0.39, 0.29) is 5.92 Å². The van der Waals surface area contributed by atoms with Crippen molar-refractivity contribution >= 4 is 11.6 Å². The fourth-order valence-electron chi connectivity index (χ4n) is 3.68. The van der Waals surface area contributed by atoms with Crippen LogP contribution in [0, 0.1) is 19.8 Å². The second-order valence-electron chi connectivity index (χ2n) is 6.92. The van der Waals surface area contributed by atoms with Crippen LogP contribution in [0.25, 0.3) is 0 Å². The molecule has 0 bridgehead atoms. The molecule has 3 nitrogen and oxygen atoms in total. The molecule has 0 aromatic heterocycles. The van der Waals surface area contributed by atoms with Crippen LogP contribution in [0.3, 0.4) is 0 Å². The highest BCUT2D eigenvalue weighted by molar-refractivity contribution is 5.79. The third kappa shape index (κ3) is 3.29. The van der Waals surface area contributed by atoms with Crippen LogP contribution < -0.4 is 4.90 Å². The first-order chi connectivity index (χ1) is 10.6. The average molecular weight is 300 g/mol. The van der Waals surface area contributed by atoms with Crippen LogP contribution in [0.15, 0.2) is 18.2 Å². The molecule has 120 valence electrons. The molecule has 0 radical (unpaired) electrons. The Hall–Kier alpha value is -1.51. The lowest BCUT2D eigenvalue weighted by atomic mass is 9.93. The van der Waals surface area contributed by atoms with Crippen LogP contribution in [0.1, 0.15) is 43.2 Å². The number of hydrogen-bond acceptors (Lipinski definition) is 2. The summed E-state index contributed by atoms with van der Waals surface area (Å²) in [6.45, 7) is 8.31. The van der Waals surface area contributed by atoms with Crippen LogP contribution >= 0.6 is 0 Å². The number of amides is 1. The van der Waals surface area contributed by atoms with Crippen molar-refractivity contribution in [1.82, 2.24) is 4.90 Å². The van der Waals surface area contributed by atoms with Gasteiger partial charge in [0.25, 0.3) is 0 Å². The molecule has 0 unspecified atom stereocenters. The number of nitrogens with zero attached hydrogens (tertiary/aromatic N) is 2. The Balaban J connectivity index is 1.57. The molecule has 0 aliphatic carbocycles. The zero-order valence-corrected chi connectivity index (χ0v) is 14.0. The molecule has 2 aliphatic rings. The highest BCUT2D eigenvalue weighted by Gasteiger charge is 2.29. The van der Waals surface area contributed by atoms with Crippen molar-refractivity contribution < 1.29 is 4.79 Å². The predicted octanol–water partition coefficient (Wildman–Crippen LogP) is 3.53. The molecule has 2 aliphatic heterocycles. The fraction of sp³-hybridized carbons (Fsp3) is 0.632. The minimum absolute atomic E-state index is 0.251. The van der Waals surface area contributed by atoms with Gasteiger partial charge in [-0.1, -0.05) is 6.07 Å². The molecule has 1 aromatic carbocycles. The average Bonchev–Trinajstić information content (AvgIpc) is 2.58. The number of piperidine rings is 2. The number of aryl methyl sites for hydroxylation is 2. The zero-order chi connectivity index (χ0) is 15.5. The molecule has 2 fully saturated rings. The number of likely N-dealkylation sites (tertiary alicyclic amines) is 1. The van der Waals surface area contributed by atoms with E-state index < -0.39 is 0 Å². The topological polar surface area (TPSA) is 23.6 Å². The third-order valence-corrected chi connectivity index (χ3v) is 5.37. The number of rotatable bonds is 2. The van der Waals surface area contributed by atoms with Gasteiger partial charge in [-0.15, -0.1) is 0 Å². The molecular formula is C19H28N2O. The summed E-state index contributed by atoms with van der Waals surface area (Å²) in [7, 11) is 0. The van der Waals surface area contributed by atoms with Crippen molar-refractivity contribution in [2.75, 3.05) is 31.1 Å². The second kappa shape index (κ2) is 6.72. The molecule has 0 saturated carbocycles. The molecule has 1 aromatic rings. The van der Waals surface area contributed by atoms with Crippen molar-refractivity contribution in [3.8, 4) is 0 Å². The van der Waals surface area contributed by atoms with Gasteiger partial charge in [-0.2, -0.15) is 0 Å². The first-order valence-electron chi connectivity index (χ1n) is 8.76. The molecule has 0 N–H and O–H groups in total. The monoisotopic (exact) mass is 300 g/mol. The number of benzene rings is 1. The van der Waals surface area contributed by atoms with E-state index in [1.54, 1.807) is 0 Å². The summed E-state index contributed by atoms with van der Waals surface area (Å²) < 4.78 is 0. The van der Waals surface area contributed by atoms with Gasteiger partial charge in [0.2, 0.25) is 5.91 Å². The molecular weight excluding hydrogens is 272 g/mol. The summed E-state index contributed by atoms with van der Waals surface area (Å²) in [5, 5.41) is 0. The van der Waals surface area contributed by atoms with Crippen molar-refractivity contribution in [2.45, 2.75) is 46.0 Å². The maximum atomic E-state index is 12.6. The number of hydrogen-bond donors (Lipinski definition) is 0. The lowest BCUT2D eigenvalue weighted by molar-refractivity contribution is -0.137. The Labute approximate surface area is 134 Å². The molecule has 1 amide bonds. The number of carbonyl (C=O) groups is 1. The van der Waals surface area contributed by atoms with Gasteiger partial charge in [-0.3, -0.25) is 4.79 Å². The van der Waals surface area contributed by atoms with E-state index in [0.717, 1.165) is 39.0 Å². The van der Waals surface area contributed by atoms with E-state index in [0.29, 0.717) is 5.91 Å². The van der Waals surface area contributed by atoms with Gasteiger partial charge in [-0.25, -0.2) is 0 Å². The van der Waals surface area contributed by atoms with Crippen LogP contribution in [0.2, 0.25) is 0 Å². The van der Waals surface area contributed by atoms with Gasteiger partial charge >= 0.3 is 0 Å². The third-order valence-electron chi connectivity index (χ3n) is 5.37. The number of carbonyl (C=O) groups excluding carboxylic acids is 1. The summed E-state index contributed by atoms with van der Waals surface area (Å²) >= 11 is 0. The van der Waals surface area contributed by atoms with Crippen molar-refractivity contribution in [3.63, 3.8) is 0 Å². The zero-order valence-electron chi connectivity index (χ0n) is 14.0. The lowest BCUT2D eigenvalue weighted by Gasteiger charge is -2.36. The van der Waals surface area contributed by atoms with E-state index in [2.05, 4.69) is 41.8 Å². The van der Waals surface area contributed by atoms with E-state index in [4.69, 9.17) is 0 Å². The van der Waals surface area contributed by atoms with Crippen molar-refractivity contribution in [2.24, 2.45) is 5.92 Å². The van der Waals surface area contributed by atoms with Crippen LogP contribution in [-0.4, -0.2) is 37.0 Å². The summed E-state index contributed by atoms with van der Waals surface area (Å²) in [5.74, 6) is 0.667. The lowest BCUT2D eigenvalue weighted by Crippen LogP contribution is -2.44. The Morgan fingerprint density at radius 3 is 2.27 bits per heavy atom. The van der Waals surface area contributed by atoms with E-state index in [1.807, 2.05) is 0 Å². The molecule has 22 heavy (non-hydrogen) atoms. The smallest absolute Gasteiger partial charge is 0.225 e. The Morgan fingerprint density at radius 2 is 1.64 bits per heavy atom. The summed E-state index contributed by atoms with van der Waals surface area (Å²) in [4.78, 5) is 17.2.